The molecule has 1 aromatic heterocycles. The lowest BCUT2D eigenvalue weighted by Gasteiger charge is -2.04. The molecule has 0 saturated carbocycles. The van der Waals surface area contributed by atoms with Crippen LogP contribution in [0.1, 0.15) is 27.0 Å². The molecule has 0 aliphatic rings. The molecule has 1 N–H and O–H groups in total. The van der Waals surface area contributed by atoms with Gasteiger partial charge in [-0.25, -0.2) is 0 Å². The molecule has 1 amide bonds. The molecule has 0 saturated heterocycles. The van der Waals surface area contributed by atoms with Crippen molar-refractivity contribution < 1.29 is 4.79 Å². The molecule has 1 heterocycles. The minimum absolute atomic E-state index is 0.285. The van der Waals surface area contributed by atoms with Gasteiger partial charge in [0.05, 0.1) is 18.2 Å². The molecular weight excluding hydrogens is 300 g/mol. The van der Waals surface area contributed by atoms with Gasteiger partial charge in [-0.1, -0.05) is 35.9 Å². The molecule has 0 atom stereocenters. The van der Waals surface area contributed by atoms with Crippen LogP contribution in [0.2, 0.25) is 0 Å². The fourth-order valence-corrected chi connectivity index (χ4v) is 2.32. The summed E-state index contributed by atoms with van der Waals surface area (Å²) in [6.07, 6.45) is 1.82. The van der Waals surface area contributed by atoms with Gasteiger partial charge in [-0.2, -0.15) is 10.4 Å². The number of aryl methyl sites for hydroxylation is 1. The Morgan fingerprint density at radius 3 is 2.75 bits per heavy atom. The number of amides is 1. The minimum Gasteiger partial charge on any atom is -0.305 e. The molecule has 0 bridgehead atoms. The van der Waals surface area contributed by atoms with E-state index in [9.17, 15) is 4.79 Å². The molecule has 3 rings (SSSR count). The van der Waals surface area contributed by atoms with E-state index in [1.807, 2.05) is 19.2 Å². The van der Waals surface area contributed by atoms with Crippen LogP contribution in [-0.2, 0) is 6.54 Å². The van der Waals surface area contributed by atoms with Gasteiger partial charge in [0.2, 0.25) is 0 Å². The first-order chi connectivity index (χ1) is 11.6. The first kappa shape index (κ1) is 15.5. The van der Waals surface area contributed by atoms with E-state index in [2.05, 4.69) is 34.7 Å². The van der Waals surface area contributed by atoms with Gasteiger partial charge in [0.15, 0.2) is 5.82 Å². The molecule has 0 aliphatic heterocycles. The molecule has 5 heteroatoms. The summed E-state index contributed by atoms with van der Waals surface area (Å²) in [7, 11) is 0. The molecule has 0 unspecified atom stereocenters. The molecule has 3 aromatic rings. The summed E-state index contributed by atoms with van der Waals surface area (Å²) in [6.45, 7) is 2.69. The maximum absolute atomic E-state index is 12.2. The van der Waals surface area contributed by atoms with Gasteiger partial charge in [0, 0.05) is 17.8 Å². The second-order valence-corrected chi connectivity index (χ2v) is 5.53. The van der Waals surface area contributed by atoms with Gasteiger partial charge in [0.1, 0.15) is 0 Å². The summed E-state index contributed by atoms with van der Waals surface area (Å²) in [5, 5.41) is 16.0. The normalized spacial score (nSPS) is 10.2. The Morgan fingerprint density at radius 1 is 1.21 bits per heavy atom. The number of carbonyl (C=O) groups is 1. The number of anilines is 1. The van der Waals surface area contributed by atoms with Crippen LogP contribution in [0.25, 0.3) is 0 Å². The Morgan fingerprint density at radius 2 is 2.00 bits per heavy atom. The van der Waals surface area contributed by atoms with Crippen molar-refractivity contribution in [3.63, 3.8) is 0 Å². The van der Waals surface area contributed by atoms with Crippen LogP contribution in [0.15, 0.2) is 60.8 Å². The van der Waals surface area contributed by atoms with Gasteiger partial charge >= 0.3 is 0 Å². The topological polar surface area (TPSA) is 70.7 Å². The van der Waals surface area contributed by atoms with Gasteiger partial charge < -0.3 is 5.32 Å². The zero-order chi connectivity index (χ0) is 16.9. The molecule has 0 aliphatic carbocycles. The highest BCUT2D eigenvalue weighted by Crippen LogP contribution is 2.10. The van der Waals surface area contributed by atoms with Crippen LogP contribution in [0.4, 0.5) is 5.82 Å². The van der Waals surface area contributed by atoms with Crippen molar-refractivity contribution in [2.24, 2.45) is 0 Å². The first-order valence-corrected chi connectivity index (χ1v) is 7.54. The third kappa shape index (κ3) is 3.68. The number of carbonyl (C=O) groups excluding carboxylic acids is 1. The summed E-state index contributed by atoms with van der Waals surface area (Å²) < 4.78 is 1.77. The van der Waals surface area contributed by atoms with Crippen molar-refractivity contribution in [2.45, 2.75) is 13.5 Å². The lowest BCUT2D eigenvalue weighted by Crippen LogP contribution is -2.13. The van der Waals surface area contributed by atoms with E-state index in [1.165, 1.54) is 5.56 Å². The largest absolute Gasteiger partial charge is 0.305 e. The van der Waals surface area contributed by atoms with Crippen molar-refractivity contribution in [3.05, 3.63) is 83.0 Å². The van der Waals surface area contributed by atoms with Crippen molar-refractivity contribution >= 4 is 11.7 Å². The van der Waals surface area contributed by atoms with E-state index < -0.39 is 0 Å². The van der Waals surface area contributed by atoms with E-state index in [0.29, 0.717) is 23.5 Å². The number of rotatable bonds is 4. The summed E-state index contributed by atoms with van der Waals surface area (Å²) in [5.41, 5.74) is 3.24. The number of nitrogens with zero attached hydrogens (tertiary/aromatic N) is 3. The molecule has 24 heavy (non-hydrogen) atoms. The predicted octanol–water partition coefficient (Wildman–Crippen LogP) is 3.36. The van der Waals surface area contributed by atoms with Crippen molar-refractivity contribution in [1.82, 2.24) is 9.78 Å². The van der Waals surface area contributed by atoms with Crippen molar-refractivity contribution in [1.29, 1.82) is 5.26 Å². The Kier molecular flexibility index (Phi) is 4.39. The van der Waals surface area contributed by atoms with Crippen molar-refractivity contribution in [3.8, 4) is 6.07 Å². The van der Waals surface area contributed by atoms with Gasteiger partial charge in [-0.3, -0.25) is 9.48 Å². The summed E-state index contributed by atoms with van der Waals surface area (Å²) in [4.78, 5) is 12.2. The van der Waals surface area contributed by atoms with Gasteiger partial charge in [-0.05, 0) is 30.7 Å². The summed E-state index contributed by atoms with van der Waals surface area (Å²) in [5.74, 6) is 0.196. The number of nitriles is 1. The van der Waals surface area contributed by atoms with Gasteiger partial charge in [0.25, 0.3) is 5.91 Å². The number of hydrogen-bond acceptors (Lipinski definition) is 3. The second kappa shape index (κ2) is 6.80. The Hall–Kier alpha value is -3.39. The average Bonchev–Trinajstić information content (AvgIpc) is 3.04. The summed E-state index contributed by atoms with van der Waals surface area (Å²) in [6, 6.07) is 18.6. The van der Waals surface area contributed by atoms with E-state index >= 15 is 0 Å². The van der Waals surface area contributed by atoms with E-state index in [0.717, 1.165) is 5.56 Å². The third-order valence-electron chi connectivity index (χ3n) is 3.60. The standard InChI is InChI=1S/C19H16N4O/c1-14-5-7-15(8-6-14)13-23-10-9-18(22-23)21-19(24)17-4-2-3-16(11-17)12-20/h2-11H,13H2,1H3,(H,21,22,24). The quantitative estimate of drug-likeness (QED) is 0.802. The minimum atomic E-state index is -0.285. The monoisotopic (exact) mass is 316 g/mol. The fourth-order valence-electron chi connectivity index (χ4n) is 2.32. The Bertz CT molecular complexity index is 904. The Balaban J connectivity index is 1.68. The van der Waals surface area contributed by atoms with Crippen LogP contribution in [-0.4, -0.2) is 15.7 Å². The molecule has 2 aromatic carbocycles. The number of nitrogens with one attached hydrogen (secondary N) is 1. The highest BCUT2D eigenvalue weighted by molar-refractivity contribution is 6.03. The SMILES string of the molecule is Cc1ccc(Cn2ccc(NC(=O)c3cccc(C#N)c3)n2)cc1. The number of benzene rings is 2. The maximum atomic E-state index is 12.2. The Labute approximate surface area is 140 Å². The lowest BCUT2D eigenvalue weighted by atomic mass is 10.1. The van der Waals surface area contributed by atoms with Gasteiger partial charge in [-0.15, -0.1) is 0 Å². The van der Waals surface area contributed by atoms with Crippen LogP contribution in [0.5, 0.6) is 0 Å². The fraction of sp³-hybridized carbons (Fsp3) is 0.105. The van der Waals surface area contributed by atoms with E-state index in [1.54, 1.807) is 35.0 Å². The molecule has 5 nitrogen and oxygen atoms in total. The summed E-state index contributed by atoms with van der Waals surface area (Å²) >= 11 is 0. The van der Waals surface area contributed by atoms with Crippen LogP contribution in [0, 0.1) is 18.3 Å². The highest BCUT2D eigenvalue weighted by atomic mass is 16.1. The maximum Gasteiger partial charge on any atom is 0.256 e. The first-order valence-electron chi connectivity index (χ1n) is 7.54. The van der Waals surface area contributed by atoms with Crippen molar-refractivity contribution in [2.75, 3.05) is 5.32 Å². The zero-order valence-corrected chi connectivity index (χ0v) is 13.2. The highest BCUT2D eigenvalue weighted by Gasteiger charge is 2.09. The second-order valence-electron chi connectivity index (χ2n) is 5.53. The zero-order valence-electron chi connectivity index (χ0n) is 13.2. The molecule has 0 radical (unpaired) electrons. The number of aromatic nitrogens is 2. The molecule has 118 valence electrons. The lowest BCUT2D eigenvalue weighted by molar-refractivity contribution is 0.102. The van der Waals surface area contributed by atoms with E-state index in [4.69, 9.17) is 5.26 Å². The molecule has 0 fully saturated rings. The smallest absolute Gasteiger partial charge is 0.256 e. The third-order valence-corrected chi connectivity index (χ3v) is 3.60. The van der Waals surface area contributed by atoms with Crippen LogP contribution < -0.4 is 5.32 Å². The van der Waals surface area contributed by atoms with E-state index in [-0.39, 0.29) is 5.91 Å². The number of hydrogen-bond donors (Lipinski definition) is 1. The van der Waals surface area contributed by atoms with Crippen LogP contribution >= 0.6 is 0 Å². The average molecular weight is 316 g/mol. The predicted molar refractivity (Wildman–Crippen MR) is 91.6 cm³/mol. The van der Waals surface area contributed by atoms with Crippen LogP contribution in [0.3, 0.4) is 0 Å². The molecule has 0 spiro atoms. The molecular formula is C19H16N4O.